The van der Waals surface area contributed by atoms with Crippen LogP contribution in [-0.2, 0) is 0 Å². The molecular formula is C13H24N6O. The van der Waals surface area contributed by atoms with Crippen LogP contribution in [0, 0.1) is 5.41 Å². The van der Waals surface area contributed by atoms with Crippen LogP contribution < -0.4 is 10.6 Å². The molecule has 0 spiro atoms. The van der Waals surface area contributed by atoms with E-state index in [1.807, 2.05) is 14.1 Å². The molecule has 1 aliphatic rings. The molecule has 0 saturated carbocycles. The van der Waals surface area contributed by atoms with E-state index in [9.17, 15) is 4.79 Å². The largest absolute Gasteiger partial charge is 0.350 e. The molecule has 0 unspecified atom stereocenters. The van der Waals surface area contributed by atoms with Gasteiger partial charge in [-0.15, -0.1) is 5.10 Å². The normalized spacial score (nSPS) is 16.2. The molecule has 1 aromatic heterocycles. The van der Waals surface area contributed by atoms with Crippen molar-refractivity contribution >= 4 is 5.91 Å². The maximum atomic E-state index is 12.1. The number of nitrogens with one attached hydrogen (secondary N) is 2. The Labute approximate surface area is 119 Å². The van der Waals surface area contributed by atoms with E-state index in [0.717, 1.165) is 19.6 Å². The van der Waals surface area contributed by atoms with E-state index in [4.69, 9.17) is 0 Å². The van der Waals surface area contributed by atoms with E-state index >= 15 is 0 Å². The predicted molar refractivity (Wildman–Crippen MR) is 76.6 cm³/mol. The highest BCUT2D eigenvalue weighted by atomic mass is 16.2. The molecule has 1 saturated heterocycles. The highest BCUT2D eigenvalue weighted by Gasteiger charge is 2.23. The van der Waals surface area contributed by atoms with Crippen molar-refractivity contribution in [1.82, 2.24) is 30.5 Å². The molecule has 7 heteroatoms. The Bertz CT molecular complexity index is 463. The van der Waals surface area contributed by atoms with E-state index < -0.39 is 0 Å². The van der Waals surface area contributed by atoms with Gasteiger partial charge in [-0.05, 0) is 19.5 Å². The number of aromatic nitrogens is 3. The van der Waals surface area contributed by atoms with Gasteiger partial charge in [0.1, 0.15) is 0 Å². The molecule has 2 rings (SSSR count). The Balaban J connectivity index is 1.86. The lowest BCUT2D eigenvalue weighted by Gasteiger charge is -2.28. The van der Waals surface area contributed by atoms with Gasteiger partial charge in [-0.1, -0.05) is 19.1 Å². The topological polar surface area (TPSA) is 75.1 Å². The molecule has 20 heavy (non-hydrogen) atoms. The maximum absolute atomic E-state index is 12.1. The van der Waals surface area contributed by atoms with Gasteiger partial charge in [-0.3, -0.25) is 4.79 Å². The number of amides is 1. The Morgan fingerprint density at radius 3 is 2.80 bits per heavy atom. The zero-order chi connectivity index (χ0) is 14.8. The van der Waals surface area contributed by atoms with Gasteiger partial charge in [-0.25, -0.2) is 4.68 Å². The van der Waals surface area contributed by atoms with Gasteiger partial charge in [0, 0.05) is 26.2 Å². The maximum Gasteiger partial charge on any atom is 0.273 e. The summed E-state index contributed by atoms with van der Waals surface area (Å²) >= 11 is 0. The van der Waals surface area contributed by atoms with Crippen LogP contribution in [-0.4, -0.2) is 66.1 Å². The molecule has 0 aromatic carbocycles. The van der Waals surface area contributed by atoms with Crippen molar-refractivity contribution in [3.05, 3.63) is 11.9 Å². The van der Waals surface area contributed by atoms with E-state index in [-0.39, 0.29) is 11.3 Å². The first kappa shape index (κ1) is 14.9. The molecule has 0 radical (unpaired) electrons. The summed E-state index contributed by atoms with van der Waals surface area (Å²) in [5.41, 5.74) is 0.408. The lowest BCUT2D eigenvalue weighted by atomic mass is 9.93. The monoisotopic (exact) mass is 280 g/mol. The SMILES string of the molecule is CN(C)CC(C)(C)CNC(=O)c1cn(C2CNC2)nn1. The molecule has 1 amide bonds. The second-order valence-corrected chi connectivity index (χ2v) is 6.48. The van der Waals surface area contributed by atoms with E-state index in [2.05, 4.69) is 39.7 Å². The Morgan fingerprint density at radius 1 is 1.55 bits per heavy atom. The highest BCUT2D eigenvalue weighted by Crippen LogP contribution is 2.14. The fourth-order valence-corrected chi connectivity index (χ4v) is 2.34. The molecule has 0 aliphatic carbocycles. The molecule has 2 N–H and O–H groups in total. The van der Waals surface area contributed by atoms with Crippen molar-refractivity contribution < 1.29 is 4.79 Å². The van der Waals surface area contributed by atoms with Crippen LogP contribution in [0.25, 0.3) is 0 Å². The standard InChI is InChI=1S/C13H24N6O/c1-13(2,9-18(3)4)8-15-12(20)11-7-19(17-16-11)10-5-14-6-10/h7,10,14H,5-6,8-9H2,1-4H3,(H,15,20). The second kappa shape index (κ2) is 5.88. The zero-order valence-electron chi connectivity index (χ0n) is 12.7. The summed E-state index contributed by atoms with van der Waals surface area (Å²) in [6, 6.07) is 0.328. The third-order valence-corrected chi connectivity index (χ3v) is 3.35. The molecular weight excluding hydrogens is 256 g/mol. The summed E-state index contributed by atoms with van der Waals surface area (Å²) in [5.74, 6) is -0.157. The fourth-order valence-electron chi connectivity index (χ4n) is 2.34. The lowest BCUT2D eigenvalue weighted by Crippen LogP contribution is -2.43. The average molecular weight is 280 g/mol. The second-order valence-electron chi connectivity index (χ2n) is 6.48. The molecule has 1 aromatic rings. The number of rotatable bonds is 6. The van der Waals surface area contributed by atoms with Gasteiger partial charge < -0.3 is 15.5 Å². The third kappa shape index (κ3) is 3.77. The first-order valence-corrected chi connectivity index (χ1v) is 6.93. The summed E-state index contributed by atoms with van der Waals surface area (Å²) in [5, 5.41) is 14.1. The summed E-state index contributed by atoms with van der Waals surface area (Å²) in [7, 11) is 4.06. The van der Waals surface area contributed by atoms with E-state index in [0.29, 0.717) is 18.3 Å². The number of nitrogens with zero attached hydrogens (tertiary/aromatic N) is 4. The number of carbonyl (C=O) groups excluding carboxylic acids is 1. The predicted octanol–water partition coefficient (Wildman–Crippen LogP) is -0.260. The highest BCUT2D eigenvalue weighted by molar-refractivity contribution is 5.91. The van der Waals surface area contributed by atoms with E-state index in [1.54, 1.807) is 10.9 Å². The Morgan fingerprint density at radius 2 is 2.25 bits per heavy atom. The van der Waals surface area contributed by atoms with Crippen LogP contribution in [0.4, 0.5) is 0 Å². The van der Waals surface area contributed by atoms with Crippen molar-refractivity contribution in [1.29, 1.82) is 0 Å². The van der Waals surface area contributed by atoms with Crippen molar-refractivity contribution in [3.8, 4) is 0 Å². The van der Waals surface area contributed by atoms with Crippen LogP contribution in [0.3, 0.4) is 0 Å². The summed E-state index contributed by atoms with van der Waals surface area (Å²) < 4.78 is 1.76. The number of carbonyl (C=O) groups is 1. The quantitative estimate of drug-likeness (QED) is 0.751. The van der Waals surface area contributed by atoms with Crippen molar-refractivity contribution in [3.63, 3.8) is 0 Å². The van der Waals surface area contributed by atoms with Gasteiger partial charge in [0.25, 0.3) is 5.91 Å². The average Bonchev–Trinajstić information content (AvgIpc) is 2.71. The number of hydrogen-bond donors (Lipinski definition) is 2. The van der Waals surface area contributed by atoms with Gasteiger partial charge in [0.15, 0.2) is 5.69 Å². The molecule has 1 aliphatic heterocycles. The molecule has 0 atom stereocenters. The van der Waals surface area contributed by atoms with Gasteiger partial charge in [-0.2, -0.15) is 0 Å². The van der Waals surface area contributed by atoms with Crippen molar-refractivity contribution in [2.45, 2.75) is 19.9 Å². The van der Waals surface area contributed by atoms with Crippen LogP contribution in [0.2, 0.25) is 0 Å². The van der Waals surface area contributed by atoms with Crippen LogP contribution in [0.5, 0.6) is 0 Å². The molecule has 112 valence electrons. The van der Waals surface area contributed by atoms with Gasteiger partial charge in [0.2, 0.25) is 0 Å². The smallest absolute Gasteiger partial charge is 0.273 e. The molecule has 1 fully saturated rings. The van der Waals surface area contributed by atoms with Gasteiger partial charge >= 0.3 is 0 Å². The van der Waals surface area contributed by atoms with Crippen molar-refractivity contribution in [2.24, 2.45) is 5.41 Å². The fraction of sp³-hybridized carbons (Fsp3) is 0.769. The molecule has 0 bridgehead atoms. The molecule has 2 heterocycles. The minimum absolute atomic E-state index is 0.0209. The van der Waals surface area contributed by atoms with Crippen molar-refractivity contribution in [2.75, 3.05) is 40.3 Å². The van der Waals surface area contributed by atoms with E-state index in [1.165, 1.54) is 0 Å². The summed E-state index contributed by atoms with van der Waals surface area (Å²) in [6.07, 6.45) is 1.72. The number of hydrogen-bond acceptors (Lipinski definition) is 5. The summed E-state index contributed by atoms with van der Waals surface area (Å²) in [6.45, 7) is 7.56. The minimum Gasteiger partial charge on any atom is -0.350 e. The zero-order valence-corrected chi connectivity index (χ0v) is 12.7. The van der Waals surface area contributed by atoms with Gasteiger partial charge in [0.05, 0.1) is 12.2 Å². The van der Waals surface area contributed by atoms with Crippen LogP contribution in [0.15, 0.2) is 6.20 Å². The summed E-state index contributed by atoms with van der Waals surface area (Å²) in [4.78, 5) is 14.2. The first-order chi connectivity index (χ1) is 9.37. The third-order valence-electron chi connectivity index (χ3n) is 3.35. The molecule has 7 nitrogen and oxygen atoms in total. The Hall–Kier alpha value is -1.47. The first-order valence-electron chi connectivity index (χ1n) is 6.93. The minimum atomic E-state index is -0.157. The Kier molecular flexibility index (Phi) is 4.39. The van der Waals surface area contributed by atoms with Crippen LogP contribution >= 0.6 is 0 Å². The van der Waals surface area contributed by atoms with Crippen LogP contribution in [0.1, 0.15) is 30.4 Å². The lowest BCUT2D eigenvalue weighted by molar-refractivity contribution is 0.0924.